The first kappa shape index (κ1) is 16.7. The van der Waals surface area contributed by atoms with Crippen molar-refractivity contribution in [2.24, 2.45) is 0 Å². The lowest BCUT2D eigenvalue weighted by molar-refractivity contribution is -0.385. The molecular formula is C17H12N2O5S. The zero-order chi connectivity index (χ0) is 18.0. The molecule has 1 aliphatic heterocycles. The number of phenolic OH excluding ortho intramolecular Hbond substituents is 1. The molecular weight excluding hydrogens is 344 g/mol. The predicted molar refractivity (Wildman–Crippen MR) is 92.7 cm³/mol. The van der Waals surface area contributed by atoms with Gasteiger partial charge in [-0.25, -0.2) is 0 Å². The fourth-order valence-corrected chi connectivity index (χ4v) is 3.19. The Labute approximate surface area is 146 Å². The van der Waals surface area contributed by atoms with Crippen LogP contribution in [0.2, 0.25) is 0 Å². The quantitative estimate of drug-likeness (QED) is 0.511. The molecule has 1 heterocycles. The number of hydrogen-bond donors (Lipinski definition) is 1. The SMILES string of the molecule is O=C1S/C(=C/c2ccc(O)cc2)C(=O)N1Cc1ccccc1[N+](=O)[O-]. The van der Waals surface area contributed by atoms with Gasteiger partial charge < -0.3 is 5.11 Å². The third-order valence-electron chi connectivity index (χ3n) is 3.58. The number of rotatable bonds is 4. The molecule has 0 spiro atoms. The average molecular weight is 356 g/mol. The number of nitro benzene ring substituents is 1. The van der Waals surface area contributed by atoms with Crippen LogP contribution in [0.15, 0.2) is 53.4 Å². The van der Waals surface area contributed by atoms with Crippen molar-refractivity contribution < 1.29 is 19.6 Å². The lowest BCUT2D eigenvalue weighted by Crippen LogP contribution is -2.27. The fourth-order valence-electron chi connectivity index (χ4n) is 2.35. The van der Waals surface area contributed by atoms with Crippen LogP contribution in [-0.4, -0.2) is 26.1 Å². The minimum atomic E-state index is -0.541. The molecule has 2 amide bonds. The summed E-state index contributed by atoms with van der Waals surface area (Å²) in [5.74, 6) is -0.400. The van der Waals surface area contributed by atoms with Gasteiger partial charge in [0.1, 0.15) is 5.75 Å². The zero-order valence-corrected chi connectivity index (χ0v) is 13.6. The highest BCUT2D eigenvalue weighted by molar-refractivity contribution is 8.18. The molecule has 2 aromatic carbocycles. The first-order valence-corrected chi connectivity index (χ1v) is 8.04. The van der Waals surface area contributed by atoms with Crippen molar-refractivity contribution in [1.82, 2.24) is 4.90 Å². The summed E-state index contributed by atoms with van der Waals surface area (Å²) in [4.78, 5) is 36.4. The van der Waals surface area contributed by atoms with Crippen LogP contribution < -0.4 is 0 Å². The number of hydrogen-bond acceptors (Lipinski definition) is 6. The number of aromatic hydroxyl groups is 1. The zero-order valence-electron chi connectivity index (χ0n) is 12.8. The van der Waals surface area contributed by atoms with E-state index in [1.54, 1.807) is 24.3 Å². The number of thioether (sulfide) groups is 1. The molecule has 8 heteroatoms. The molecule has 25 heavy (non-hydrogen) atoms. The second-order valence-corrected chi connectivity index (χ2v) is 6.24. The molecule has 1 N–H and O–H groups in total. The van der Waals surface area contributed by atoms with Gasteiger partial charge in [0.15, 0.2) is 0 Å². The second-order valence-electron chi connectivity index (χ2n) is 5.25. The van der Waals surface area contributed by atoms with E-state index in [2.05, 4.69) is 0 Å². The van der Waals surface area contributed by atoms with Gasteiger partial charge in [0.2, 0.25) is 0 Å². The topological polar surface area (TPSA) is 101 Å². The lowest BCUT2D eigenvalue weighted by atomic mass is 10.1. The summed E-state index contributed by atoms with van der Waals surface area (Å²) < 4.78 is 0. The number of nitro groups is 1. The van der Waals surface area contributed by atoms with Gasteiger partial charge in [-0.3, -0.25) is 24.6 Å². The summed E-state index contributed by atoms with van der Waals surface area (Å²) in [7, 11) is 0. The number of carbonyl (C=O) groups is 2. The van der Waals surface area contributed by atoms with Gasteiger partial charge in [-0.05, 0) is 35.5 Å². The molecule has 7 nitrogen and oxygen atoms in total. The van der Waals surface area contributed by atoms with E-state index in [-0.39, 0.29) is 22.9 Å². The van der Waals surface area contributed by atoms with Crippen LogP contribution in [0, 0.1) is 10.1 Å². The Morgan fingerprint density at radius 2 is 1.80 bits per heavy atom. The maximum Gasteiger partial charge on any atom is 0.293 e. The molecule has 1 fully saturated rings. The van der Waals surface area contributed by atoms with Crippen molar-refractivity contribution in [2.75, 3.05) is 0 Å². The minimum absolute atomic E-state index is 0.0987. The molecule has 0 aromatic heterocycles. The summed E-state index contributed by atoms with van der Waals surface area (Å²) >= 11 is 0.781. The highest BCUT2D eigenvalue weighted by Gasteiger charge is 2.36. The Kier molecular flexibility index (Phi) is 4.53. The summed E-state index contributed by atoms with van der Waals surface area (Å²) in [5.41, 5.74) is 0.818. The Hall–Kier alpha value is -3.13. The van der Waals surface area contributed by atoms with Gasteiger partial charge >= 0.3 is 0 Å². The van der Waals surface area contributed by atoms with Gasteiger partial charge in [0.05, 0.1) is 16.4 Å². The largest absolute Gasteiger partial charge is 0.508 e. The van der Waals surface area contributed by atoms with E-state index in [0.29, 0.717) is 11.1 Å². The van der Waals surface area contributed by atoms with Crippen molar-refractivity contribution in [3.05, 3.63) is 74.7 Å². The first-order chi connectivity index (χ1) is 12.0. The smallest absolute Gasteiger partial charge is 0.293 e. The highest BCUT2D eigenvalue weighted by atomic mass is 32.2. The standard InChI is InChI=1S/C17H12N2O5S/c20-13-7-5-11(6-8-13)9-15-16(21)18(17(22)25-15)10-12-3-1-2-4-14(12)19(23)24/h1-9,20H,10H2/b15-9+. The first-order valence-electron chi connectivity index (χ1n) is 7.22. The van der Waals surface area contributed by atoms with Gasteiger partial charge in [-0.2, -0.15) is 0 Å². The summed E-state index contributed by atoms with van der Waals surface area (Å²) in [6.45, 7) is -0.158. The van der Waals surface area contributed by atoms with E-state index in [4.69, 9.17) is 0 Å². The van der Waals surface area contributed by atoms with Gasteiger partial charge in [0.25, 0.3) is 16.8 Å². The van der Waals surface area contributed by atoms with Crippen molar-refractivity contribution >= 4 is 34.7 Å². The molecule has 2 aromatic rings. The van der Waals surface area contributed by atoms with Gasteiger partial charge in [-0.15, -0.1) is 0 Å². The number of imide groups is 1. The highest BCUT2D eigenvalue weighted by Crippen LogP contribution is 2.34. The van der Waals surface area contributed by atoms with E-state index in [9.17, 15) is 24.8 Å². The van der Waals surface area contributed by atoms with Crippen LogP contribution in [0.25, 0.3) is 6.08 Å². The van der Waals surface area contributed by atoms with Crippen molar-refractivity contribution in [2.45, 2.75) is 6.54 Å². The average Bonchev–Trinajstić information content (AvgIpc) is 2.85. The normalized spacial score (nSPS) is 15.8. The van der Waals surface area contributed by atoms with Gasteiger partial charge in [0, 0.05) is 11.6 Å². The van der Waals surface area contributed by atoms with Crippen molar-refractivity contribution in [3.63, 3.8) is 0 Å². The minimum Gasteiger partial charge on any atom is -0.508 e. The van der Waals surface area contributed by atoms with Gasteiger partial charge in [-0.1, -0.05) is 30.3 Å². The van der Waals surface area contributed by atoms with Crippen LogP contribution in [0.1, 0.15) is 11.1 Å². The van der Waals surface area contributed by atoms with E-state index < -0.39 is 16.1 Å². The van der Waals surface area contributed by atoms with Crippen molar-refractivity contribution in [3.8, 4) is 5.75 Å². The molecule has 1 aliphatic rings. The molecule has 126 valence electrons. The maximum absolute atomic E-state index is 12.5. The number of carbonyl (C=O) groups excluding carboxylic acids is 2. The number of phenols is 1. The van der Waals surface area contributed by atoms with Crippen LogP contribution in [0.4, 0.5) is 10.5 Å². The Balaban J connectivity index is 1.85. The third-order valence-corrected chi connectivity index (χ3v) is 4.49. The predicted octanol–water partition coefficient (Wildman–Crippen LogP) is 3.54. The molecule has 0 radical (unpaired) electrons. The molecule has 0 saturated carbocycles. The van der Waals surface area contributed by atoms with E-state index >= 15 is 0 Å². The summed E-state index contributed by atoms with van der Waals surface area (Å²) in [6, 6.07) is 12.2. The Morgan fingerprint density at radius 3 is 2.48 bits per heavy atom. The Morgan fingerprint density at radius 1 is 1.12 bits per heavy atom. The maximum atomic E-state index is 12.5. The monoisotopic (exact) mass is 356 g/mol. The number of nitrogens with zero attached hydrogens (tertiary/aromatic N) is 2. The van der Waals surface area contributed by atoms with E-state index in [1.807, 2.05) is 0 Å². The number of benzene rings is 2. The molecule has 0 atom stereocenters. The molecule has 0 bridgehead atoms. The lowest BCUT2D eigenvalue weighted by Gasteiger charge is -2.12. The number of amides is 2. The number of para-hydroxylation sites is 1. The van der Waals surface area contributed by atoms with Crippen molar-refractivity contribution in [1.29, 1.82) is 0 Å². The van der Waals surface area contributed by atoms with Crippen LogP contribution in [-0.2, 0) is 11.3 Å². The van der Waals surface area contributed by atoms with Crippen LogP contribution in [0.5, 0.6) is 5.75 Å². The molecule has 0 aliphatic carbocycles. The Bertz CT molecular complexity index is 892. The second kappa shape index (κ2) is 6.78. The van der Waals surface area contributed by atoms with E-state index in [1.165, 1.54) is 30.3 Å². The molecule has 0 unspecified atom stereocenters. The molecule has 1 saturated heterocycles. The molecule has 3 rings (SSSR count). The summed E-state index contributed by atoms with van der Waals surface area (Å²) in [6.07, 6.45) is 1.55. The summed E-state index contributed by atoms with van der Waals surface area (Å²) in [5, 5.41) is 19.9. The third kappa shape index (κ3) is 3.53. The fraction of sp³-hybridized carbons (Fsp3) is 0.0588. The van der Waals surface area contributed by atoms with E-state index in [0.717, 1.165) is 16.7 Å². The van der Waals surface area contributed by atoms with Crippen LogP contribution >= 0.6 is 11.8 Å². The van der Waals surface area contributed by atoms with Crippen LogP contribution in [0.3, 0.4) is 0 Å².